The van der Waals surface area contributed by atoms with E-state index in [2.05, 4.69) is 56.1 Å². The number of amides is 5. The SMILES string of the molecule is CCc1c2c(nc3ccc(C)cc13)-c1cc3c(c(=O)n1C2)COC(=O)[C@@]3(CC)OC(=O)OCc1ccc(NC(=O)[C@H](CCCNC(N)=O)NC(=O)[C@@H](NC(=O)CCCC#Cc2cnc(S(C)(=O)=O)nc2)C(C)C)cc1. The lowest BCUT2D eigenvalue weighted by atomic mass is 9.85. The number of ether oxygens (including phenoxy) is 3. The summed E-state index contributed by atoms with van der Waals surface area (Å²) in [5.74, 6) is 2.86. The maximum atomic E-state index is 14.2. The number of unbranched alkanes of at least 4 members (excludes halogenated alkanes) is 1. The van der Waals surface area contributed by atoms with Crippen LogP contribution < -0.4 is 32.6 Å². The van der Waals surface area contributed by atoms with Gasteiger partial charge in [-0.1, -0.05) is 63.3 Å². The van der Waals surface area contributed by atoms with Crippen LogP contribution in [0.3, 0.4) is 0 Å². The number of hydrogen-bond acceptors (Lipinski definition) is 15. The van der Waals surface area contributed by atoms with Crippen molar-refractivity contribution < 1.29 is 51.4 Å². The number of nitrogens with two attached hydrogens (primary N) is 1. The number of sulfone groups is 1. The van der Waals surface area contributed by atoms with Crippen LogP contribution >= 0.6 is 0 Å². The quantitative estimate of drug-likeness (QED) is 0.0317. The molecule has 7 rings (SSSR count). The highest BCUT2D eigenvalue weighted by Crippen LogP contribution is 2.42. The van der Waals surface area contributed by atoms with Gasteiger partial charge in [-0.25, -0.2) is 37.8 Å². The molecule has 5 amide bonds. The van der Waals surface area contributed by atoms with Crippen molar-refractivity contribution in [3.8, 4) is 23.2 Å². The number of carbonyl (C=O) groups excluding carboxylic acids is 6. The average Bonchev–Trinajstić information content (AvgIpc) is 3.77. The Morgan fingerprint density at radius 3 is 2.36 bits per heavy atom. The van der Waals surface area contributed by atoms with Crippen LogP contribution in [0.5, 0.6) is 0 Å². The lowest BCUT2D eigenvalue weighted by Crippen LogP contribution is -2.54. The molecule has 0 unspecified atom stereocenters. The molecule has 0 saturated carbocycles. The third-order valence-electron chi connectivity index (χ3n) is 12.9. The molecule has 0 aliphatic carbocycles. The Bertz CT molecular complexity index is 3290. The first-order valence-corrected chi connectivity index (χ1v) is 26.4. The smallest absolute Gasteiger partial charge is 0.457 e. The maximum Gasteiger partial charge on any atom is 0.510 e. The summed E-state index contributed by atoms with van der Waals surface area (Å²) in [7, 11) is -3.55. The molecule has 0 bridgehead atoms. The third-order valence-corrected chi connectivity index (χ3v) is 13.8. The topological polar surface area (TPSA) is 299 Å². The second kappa shape index (κ2) is 23.3. The molecule has 5 heterocycles. The van der Waals surface area contributed by atoms with E-state index in [1.165, 1.54) is 12.4 Å². The average molecular weight is 1050 g/mol. The fourth-order valence-electron chi connectivity index (χ4n) is 8.97. The van der Waals surface area contributed by atoms with E-state index >= 15 is 0 Å². The number of hydrogen-bond donors (Lipinski definition) is 5. The van der Waals surface area contributed by atoms with Crippen molar-refractivity contribution in [3.63, 3.8) is 0 Å². The molecule has 22 heteroatoms. The number of carbonyl (C=O) groups is 6. The third kappa shape index (κ3) is 12.6. The number of urea groups is 1. The molecule has 0 radical (unpaired) electrons. The molecule has 5 aromatic rings. The monoisotopic (exact) mass is 1050 g/mol. The van der Waals surface area contributed by atoms with Gasteiger partial charge in [0.1, 0.15) is 25.3 Å². The van der Waals surface area contributed by atoms with Gasteiger partial charge in [0.05, 0.1) is 34.6 Å². The first-order valence-electron chi connectivity index (χ1n) is 24.5. The zero-order valence-corrected chi connectivity index (χ0v) is 43.3. The summed E-state index contributed by atoms with van der Waals surface area (Å²) in [5.41, 5.74) is 9.44. The number of aryl methyl sites for hydroxylation is 2. The van der Waals surface area contributed by atoms with Crippen molar-refractivity contribution in [3.05, 3.63) is 110 Å². The largest absolute Gasteiger partial charge is 0.510 e. The summed E-state index contributed by atoms with van der Waals surface area (Å²) < 4.78 is 41.6. The van der Waals surface area contributed by atoms with Crippen LogP contribution in [0.4, 0.5) is 15.3 Å². The van der Waals surface area contributed by atoms with Gasteiger partial charge in [0.2, 0.25) is 38.3 Å². The minimum atomic E-state index is -3.55. The molecule has 394 valence electrons. The minimum absolute atomic E-state index is 0.0398. The maximum absolute atomic E-state index is 14.2. The van der Waals surface area contributed by atoms with Gasteiger partial charge in [0.25, 0.3) is 5.56 Å². The highest BCUT2D eigenvalue weighted by molar-refractivity contribution is 7.90. The zero-order valence-electron chi connectivity index (χ0n) is 42.5. The van der Waals surface area contributed by atoms with Crippen LogP contribution in [-0.4, -0.2) is 88.7 Å². The van der Waals surface area contributed by atoms with Crippen LogP contribution in [0, 0.1) is 24.7 Å². The number of rotatable bonds is 19. The van der Waals surface area contributed by atoms with E-state index in [4.69, 9.17) is 24.9 Å². The summed E-state index contributed by atoms with van der Waals surface area (Å²) in [6, 6.07) is 11.1. The molecule has 3 atom stereocenters. The van der Waals surface area contributed by atoms with Gasteiger partial charge in [0.15, 0.2) is 0 Å². The molecule has 2 aliphatic heterocycles. The van der Waals surface area contributed by atoms with Crippen LogP contribution in [0.1, 0.15) is 105 Å². The Hall–Kier alpha value is -8.19. The highest BCUT2D eigenvalue weighted by Gasteiger charge is 2.51. The molecule has 75 heavy (non-hydrogen) atoms. The molecule has 2 aliphatic rings. The van der Waals surface area contributed by atoms with Gasteiger partial charge in [0, 0.05) is 60.2 Å². The molecule has 6 N–H and O–H groups in total. The fraction of sp³-hybridized carbons (Fsp3) is 0.396. The van der Waals surface area contributed by atoms with Crippen molar-refractivity contribution in [1.82, 2.24) is 35.5 Å². The number of nitrogens with one attached hydrogen (secondary N) is 4. The molecule has 0 saturated heterocycles. The predicted octanol–water partition coefficient (Wildman–Crippen LogP) is 4.74. The fourth-order valence-corrected chi connectivity index (χ4v) is 9.46. The van der Waals surface area contributed by atoms with Crippen molar-refractivity contribution in [2.45, 2.75) is 122 Å². The van der Waals surface area contributed by atoms with Gasteiger partial charge >= 0.3 is 18.2 Å². The second-order valence-corrected chi connectivity index (χ2v) is 20.6. The molecule has 3 aromatic heterocycles. The Kier molecular flexibility index (Phi) is 17.0. The minimum Gasteiger partial charge on any atom is -0.457 e. The summed E-state index contributed by atoms with van der Waals surface area (Å²) in [4.78, 5) is 106. The number of cyclic esters (lactones) is 1. The zero-order chi connectivity index (χ0) is 54.2. The lowest BCUT2D eigenvalue weighted by Gasteiger charge is -2.35. The van der Waals surface area contributed by atoms with Gasteiger partial charge in [-0.2, -0.15) is 0 Å². The Labute approximate surface area is 433 Å². The number of nitrogens with zero attached hydrogens (tertiary/aromatic N) is 4. The number of fused-ring (bicyclic) bond motifs is 5. The summed E-state index contributed by atoms with van der Waals surface area (Å²) >= 11 is 0. The lowest BCUT2D eigenvalue weighted by molar-refractivity contribution is -0.175. The second-order valence-electron chi connectivity index (χ2n) is 18.7. The van der Waals surface area contributed by atoms with Crippen molar-refractivity contribution in [2.75, 3.05) is 18.1 Å². The van der Waals surface area contributed by atoms with E-state index in [0.717, 1.165) is 33.8 Å². The molecular formula is C53H59N9O12S. The van der Waals surface area contributed by atoms with Gasteiger partial charge in [-0.15, -0.1) is 0 Å². The van der Waals surface area contributed by atoms with E-state index < -0.39 is 63.4 Å². The Balaban J connectivity index is 0.968. The first-order chi connectivity index (χ1) is 35.7. The molecule has 21 nitrogen and oxygen atoms in total. The standard InChI is InChI=1S/C53H59N9O12S/c1-7-35-36-23-31(5)16-21-40(36)59-45-37(35)27-62-42(45)24-39-38(48(62)66)29-72-49(67)53(39,8-2)74-52(69)73-28-32-17-19-34(20-18-32)58-46(64)41(14-12-22-55-50(54)68)60-47(65)44(30(3)4)61-43(63)15-11-9-10-13-33-25-56-51(57-26-33)75(6,70)71/h16-21,23-26,30,41,44H,7-9,11-12,14-15,22,27-29H2,1-6H3,(H,58,64)(H,60,65)(H,61,63)(H3,54,55,68)/t41-,44-,53-/m0/s1. The van der Waals surface area contributed by atoms with Gasteiger partial charge in [-0.3, -0.25) is 19.2 Å². The Morgan fingerprint density at radius 1 is 0.960 bits per heavy atom. The van der Waals surface area contributed by atoms with Crippen molar-refractivity contribution in [2.24, 2.45) is 11.7 Å². The van der Waals surface area contributed by atoms with E-state index in [1.807, 2.05) is 19.1 Å². The number of pyridine rings is 2. The van der Waals surface area contributed by atoms with E-state index in [1.54, 1.807) is 55.7 Å². The molecular weight excluding hydrogens is 987 g/mol. The molecule has 0 spiro atoms. The number of anilines is 1. The van der Waals surface area contributed by atoms with E-state index in [9.17, 15) is 42.0 Å². The van der Waals surface area contributed by atoms with E-state index in [0.29, 0.717) is 47.5 Å². The molecule has 0 fully saturated rings. The summed E-state index contributed by atoms with van der Waals surface area (Å²) in [6.07, 6.45) is 4.08. The van der Waals surface area contributed by atoms with Crippen molar-refractivity contribution >= 4 is 62.3 Å². The summed E-state index contributed by atoms with van der Waals surface area (Å²) in [6.45, 7) is 9.00. The number of primary amides is 1. The number of aromatic nitrogens is 4. The first kappa shape index (κ1) is 54.6. The normalized spacial score (nSPS) is 15.2. The van der Waals surface area contributed by atoms with Crippen molar-refractivity contribution in [1.29, 1.82) is 0 Å². The van der Waals surface area contributed by atoms with Crippen LogP contribution in [0.15, 0.2) is 70.9 Å². The number of benzene rings is 2. The molecule has 2 aromatic carbocycles. The van der Waals surface area contributed by atoms with E-state index in [-0.39, 0.29) is 79.7 Å². The summed E-state index contributed by atoms with van der Waals surface area (Å²) in [5, 5.41) is 11.4. The van der Waals surface area contributed by atoms with Crippen LogP contribution in [-0.2, 0) is 75.0 Å². The van der Waals surface area contributed by atoms with Gasteiger partial charge < -0.3 is 45.8 Å². The van der Waals surface area contributed by atoms with Crippen LogP contribution in [0.2, 0.25) is 0 Å². The predicted molar refractivity (Wildman–Crippen MR) is 274 cm³/mol. The number of esters is 1. The highest BCUT2D eigenvalue weighted by atomic mass is 32.2. The van der Waals surface area contributed by atoms with Gasteiger partial charge in [-0.05, 0) is 86.4 Å². The Morgan fingerprint density at radius 2 is 1.69 bits per heavy atom. The van der Waals surface area contributed by atoms with Crippen LogP contribution in [0.25, 0.3) is 22.3 Å².